The van der Waals surface area contributed by atoms with E-state index < -0.39 is 5.97 Å². The van der Waals surface area contributed by atoms with Crippen molar-refractivity contribution < 1.29 is 14.3 Å². The summed E-state index contributed by atoms with van der Waals surface area (Å²) >= 11 is 0. The quantitative estimate of drug-likeness (QED) is 0.354. The molecule has 1 rings (SSSR count). The summed E-state index contributed by atoms with van der Waals surface area (Å²) in [6.45, 7) is 0. The summed E-state index contributed by atoms with van der Waals surface area (Å²) in [6.07, 6.45) is 1.07. The summed E-state index contributed by atoms with van der Waals surface area (Å²) in [5, 5.41) is 10.8. The molecule has 1 aromatic rings. The van der Waals surface area contributed by atoms with Crippen molar-refractivity contribution in [3.8, 4) is 0 Å². The van der Waals surface area contributed by atoms with Crippen LogP contribution in [0, 0.1) is 5.21 Å². The fourth-order valence-corrected chi connectivity index (χ4v) is 0.731. The number of carbonyl (C=O) groups is 1. The largest absolute Gasteiger partial charge is 0.711 e. The first-order valence-electron chi connectivity index (χ1n) is 3.22. The molecule has 0 unspecified atom stereocenters. The van der Waals surface area contributed by atoms with Gasteiger partial charge in [-0.3, -0.25) is 5.73 Å². The second-order valence-corrected chi connectivity index (χ2v) is 2.16. The first kappa shape index (κ1) is 8.32. The molecular formula is C7H8N2O3. The van der Waals surface area contributed by atoms with Crippen LogP contribution < -0.4 is 10.5 Å². The summed E-state index contributed by atoms with van der Waals surface area (Å²) in [7, 11) is 1.24. The number of nitrogens with two attached hydrogens (primary N) is 1. The number of pyridine rings is 1. The van der Waals surface area contributed by atoms with Crippen LogP contribution in [-0.4, -0.2) is 13.1 Å². The third-order valence-corrected chi connectivity index (χ3v) is 1.37. The molecule has 12 heavy (non-hydrogen) atoms. The van der Waals surface area contributed by atoms with Crippen LogP contribution in [0.5, 0.6) is 0 Å². The Bertz CT molecular complexity index is 312. The van der Waals surface area contributed by atoms with E-state index in [0.29, 0.717) is 4.73 Å². The van der Waals surface area contributed by atoms with Crippen molar-refractivity contribution in [3.05, 3.63) is 29.1 Å². The molecular weight excluding hydrogens is 160 g/mol. The van der Waals surface area contributed by atoms with Gasteiger partial charge in [0.05, 0.1) is 12.7 Å². The fraction of sp³-hybridized carbons (Fsp3) is 0.143. The lowest BCUT2D eigenvalue weighted by molar-refractivity contribution is -0.590. The molecule has 5 heteroatoms. The summed E-state index contributed by atoms with van der Waals surface area (Å²) in [6, 6.07) is 2.77. The summed E-state index contributed by atoms with van der Waals surface area (Å²) in [5.41, 5.74) is 5.41. The molecule has 0 fully saturated rings. The van der Waals surface area contributed by atoms with Crippen LogP contribution in [0.1, 0.15) is 10.4 Å². The van der Waals surface area contributed by atoms with Gasteiger partial charge in [-0.2, -0.15) is 0 Å². The molecule has 2 N–H and O–H groups in total. The molecule has 5 nitrogen and oxygen atoms in total. The second kappa shape index (κ2) is 3.08. The number of ether oxygens (including phenoxy) is 1. The van der Waals surface area contributed by atoms with Gasteiger partial charge in [-0.1, -0.05) is 0 Å². The monoisotopic (exact) mass is 168 g/mol. The molecule has 0 saturated carbocycles. The lowest BCUT2D eigenvalue weighted by Gasteiger charge is -2.05. The number of hydrogen-bond acceptors (Lipinski definition) is 4. The van der Waals surface area contributed by atoms with E-state index in [9.17, 15) is 10.0 Å². The van der Waals surface area contributed by atoms with Crippen LogP contribution >= 0.6 is 0 Å². The van der Waals surface area contributed by atoms with Gasteiger partial charge < -0.3 is 9.94 Å². The van der Waals surface area contributed by atoms with Crippen LogP contribution in [-0.2, 0) is 4.74 Å². The van der Waals surface area contributed by atoms with E-state index in [1.807, 2.05) is 0 Å². The third kappa shape index (κ3) is 1.45. The number of anilines is 1. The highest BCUT2D eigenvalue weighted by Crippen LogP contribution is 2.00. The van der Waals surface area contributed by atoms with Gasteiger partial charge in [0.2, 0.25) is 0 Å². The number of nitrogens with zero attached hydrogens (tertiary/aromatic N) is 1. The Morgan fingerprint density at radius 3 is 2.83 bits per heavy atom. The Kier molecular flexibility index (Phi) is 2.14. The number of methoxy groups -OCH3 is 1. The van der Waals surface area contributed by atoms with Gasteiger partial charge in [0.15, 0.2) is 0 Å². The van der Waals surface area contributed by atoms with E-state index in [1.165, 1.54) is 19.2 Å². The van der Waals surface area contributed by atoms with Crippen LogP contribution in [0.4, 0.5) is 5.82 Å². The van der Waals surface area contributed by atoms with Gasteiger partial charge in [-0.05, 0) is 6.07 Å². The van der Waals surface area contributed by atoms with Gasteiger partial charge in [0.25, 0.3) is 5.82 Å². The molecule has 0 atom stereocenters. The highest BCUT2D eigenvalue weighted by Gasteiger charge is 2.07. The molecule has 0 aliphatic heterocycles. The lowest BCUT2D eigenvalue weighted by Crippen LogP contribution is -2.31. The van der Waals surface area contributed by atoms with Gasteiger partial charge in [0.1, 0.15) is 6.20 Å². The van der Waals surface area contributed by atoms with E-state index in [-0.39, 0.29) is 11.4 Å². The molecule has 1 aromatic heterocycles. The highest BCUT2D eigenvalue weighted by molar-refractivity contribution is 5.88. The Balaban J connectivity index is 3.05. The maximum atomic E-state index is 10.9. The Hall–Kier alpha value is -1.78. The average molecular weight is 168 g/mol. The normalized spacial score (nSPS) is 9.42. The Labute approximate surface area is 69.0 Å². The standard InChI is InChI=1S/C7H8N2O3/c1-12-7(10)5-2-3-6(8)9(11)4-5/h2-4H,8H2,1H3. The zero-order chi connectivity index (χ0) is 9.14. The Morgan fingerprint density at radius 1 is 1.67 bits per heavy atom. The molecule has 0 bridgehead atoms. The van der Waals surface area contributed by atoms with E-state index >= 15 is 0 Å². The van der Waals surface area contributed by atoms with Crippen LogP contribution in [0.2, 0.25) is 0 Å². The van der Waals surface area contributed by atoms with E-state index in [1.54, 1.807) is 0 Å². The maximum absolute atomic E-state index is 10.9. The molecule has 0 amide bonds. The third-order valence-electron chi connectivity index (χ3n) is 1.37. The van der Waals surface area contributed by atoms with Crippen LogP contribution in [0.15, 0.2) is 18.3 Å². The van der Waals surface area contributed by atoms with Crippen molar-refractivity contribution in [2.75, 3.05) is 12.8 Å². The highest BCUT2D eigenvalue weighted by atomic mass is 16.5. The minimum Gasteiger partial charge on any atom is -0.711 e. The van der Waals surface area contributed by atoms with E-state index in [2.05, 4.69) is 4.74 Å². The molecule has 1 heterocycles. The molecule has 0 saturated heterocycles. The van der Waals surface area contributed by atoms with Gasteiger partial charge in [-0.15, -0.1) is 0 Å². The number of carbonyl (C=O) groups excluding carboxylic acids is 1. The van der Waals surface area contributed by atoms with Crippen molar-refractivity contribution in [2.24, 2.45) is 0 Å². The van der Waals surface area contributed by atoms with Gasteiger partial charge in [-0.25, -0.2) is 9.52 Å². The zero-order valence-electron chi connectivity index (χ0n) is 6.48. The van der Waals surface area contributed by atoms with E-state index in [0.717, 1.165) is 6.20 Å². The Morgan fingerprint density at radius 2 is 2.33 bits per heavy atom. The molecule has 0 spiro atoms. The molecule has 0 aliphatic rings. The number of hydrogen-bond donors (Lipinski definition) is 1. The van der Waals surface area contributed by atoms with Crippen molar-refractivity contribution in [3.63, 3.8) is 0 Å². The predicted molar refractivity (Wildman–Crippen MR) is 41.2 cm³/mol. The maximum Gasteiger partial charge on any atom is 0.341 e. The van der Waals surface area contributed by atoms with E-state index in [4.69, 9.17) is 5.73 Å². The number of nitrogen functional groups attached to an aromatic ring is 1. The SMILES string of the molecule is COC(=O)c1ccc(N)[n+]([O-])c1. The van der Waals surface area contributed by atoms with Crippen molar-refractivity contribution in [2.45, 2.75) is 0 Å². The first-order valence-corrected chi connectivity index (χ1v) is 3.22. The minimum absolute atomic E-state index is 0.0441. The van der Waals surface area contributed by atoms with Crippen molar-refractivity contribution >= 4 is 11.8 Å². The number of aromatic nitrogens is 1. The first-order chi connectivity index (χ1) is 5.65. The van der Waals surface area contributed by atoms with Crippen molar-refractivity contribution in [1.29, 1.82) is 0 Å². The molecule has 0 radical (unpaired) electrons. The fourth-order valence-electron chi connectivity index (χ4n) is 0.731. The second-order valence-electron chi connectivity index (χ2n) is 2.16. The number of rotatable bonds is 1. The smallest absolute Gasteiger partial charge is 0.341 e. The van der Waals surface area contributed by atoms with Gasteiger partial charge >= 0.3 is 5.97 Å². The zero-order valence-corrected chi connectivity index (χ0v) is 6.48. The predicted octanol–water partition coefficient (Wildman–Crippen LogP) is -0.311. The molecule has 0 aromatic carbocycles. The lowest BCUT2D eigenvalue weighted by atomic mass is 10.3. The van der Waals surface area contributed by atoms with Crippen LogP contribution in [0.25, 0.3) is 0 Å². The van der Waals surface area contributed by atoms with Crippen molar-refractivity contribution in [1.82, 2.24) is 0 Å². The summed E-state index contributed by atoms with van der Waals surface area (Å²) < 4.78 is 4.81. The topological polar surface area (TPSA) is 79.3 Å². The molecule has 0 aliphatic carbocycles. The number of esters is 1. The summed E-state index contributed by atoms with van der Waals surface area (Å²) in [5.74, 6) is -0.512. The van der Waals surface area contributed by atoms with Crippen LogP contribution in [0.3, 0.4) is 0 Å². The minimum atomic E-state index is -0.556. The average Bonchev–Trinajstić information content (AvgIpc) is 2.08. The molecule has 64 valence electrons. The van der Waals surface area contributed by atoms with Gasteiger partial charge in [0, 0.05) is 6.07 Å². The summed E-state index contributed by atoms with van der Waals surface area (Å²) in [4.78, 5) is 10.9.